The molecule has 1 amide bonds. The molecule has 0 atom stereocenters. The largest absolute Gasteiger partial charge is 0.497 e. The first-order valence-corrected chi connectivity index (χ1v) is 7.85. The number of hydrogen-bond acceptors (Lipinski definition) is 4. The van der Waals surface area contributed by atoms with Gasteiger partial charge in [0.25, 0.3) is 0 Å². The number of hydrazone groups is 1. The van der Waals surface area contributed by atoms with Crippen LogP contribution < -0.4 is 9.47 Å². The predicted octanol–water partition coefficient (Wildman–Crippen LogP) is 2.88. The number of methoxy groups -OCH3 is 2. The second-order valence-electron chi connectivity index (χ2n) is 5.54. The molecule has 0 unspecified atom stereocenters. The number of carbonyl (C=O) groups excluding carboxylic acids is 1. The minimum absolute atomic E-state index is 0.0202. The summed E-state index contributed by atoms with van der Waals surface area (Å²) in [6, 6.07) is 15.3. The third-order valence-electron chi connectivity index (χ3n) is 4.00. The number of benzene rings is 2. The zero-order valence-corrected chi connectivity index (χ0v) is 13.9. The Morgan fingerprint density at radius 3 is 2.75 bits per heavy atom. The fourth-order valence-electron chi connectivity index (χ4n) is 2.76. The molecule has 2 aromatic carbocycles. The quantitative estimate of drug-likeness (QED) is 0.850. The van der Waals surface area contributed by atoms with Crippen molar-refractivity contribution in [3.8, 4) is 11.5 Å². The normalized spacial score (nSPS) is 13.6. The van der Waals surface area contributed by atoms with E-state index in [9.17, 15) is 4.79 Å². The van der Waals surface area contributed by atoms with E-state index in [0.717, 1.165) is 34.8 Å². The van der Waals surface area contributed by atoms with Gasteiger partial charge < -0.3 is 9.47 Å². The summed E-state index contributed by atoms with van der Waals surface area (Å²) < 4.78 is 10.6. The van der Waals surface area contributed by atoms with Crippen molar-refractivity contribution in [1.82, 2.24) is 5.01 Å². The van der Waals surface area contributed by atoms with Crippen molar-refractivity contribution in [3.05, 3.63) is 59.7 Å². The molecule has 0 saturated heterocycles. The Morgan fingerprint density at radius 1 is 1.12 bits per heavy atom. The van der Waals surface area contributed by atoms with E-state index >= 15 is 0 Å². The molecule has 124 valence electrons. The highest BCUT2D eigenvalue weighted by atomic mass is 16.5. The maximum atomic E-state index is 12.5. The van der Waals surface area contributed by atoms with Crippen LogP contribution in [0.1, 0.15) is 17.5 Å². The lowest BCUT2D eigenvalue weighted by Crippen LogP contribution is -2.25. The van der Waals surface area contributed by atoms with E-state index in [2.05, 4.69) is 5.10 Å². The molecule has 0 fully saturated rings. The maximum absolute atomic E-state index is 12.5. The minimum Gasteiger partial charge on any atom is -0.497 e. The molecule has 0 aliphatic carbocycles. The Kier molecular flexibility index (Phi) is 4.79. The molecule has 3 rings (SSSR count). The average molecular weight is 324 g/mol. The molecule has 1 aliphatic rings. The lowest BCUT2D eigenvalue weighted by molar-refractivity contribution is -0.130. The van der Waals surface area contributed by atoms with Crippen molar-refractivity contribution in [2.75, 3.05) is 20.8 Å². The highest BCUT2D eigenvalue weighted by molar-refractivity contribution is 6.04. The molecule has 0 aromatic heterocycles. The molecule has 0 bridgehead atoms. The van der Waals surface area contributed by atoms with Crippen LogP contribution in [-0.2, 0) is 11.2 Å². The van der Waals surface area contributed by atoms with Gasteiger partial charge in [-0.2, -0.15) is 5.10 Å². The van der Waals surface area contributed by atoms with Crippen molar-refractivity contribution in [2.45, 2.75) is 12.8 Å². The second kappa shape index (κ2) is 7.17. The molecular formula is C19H20N2O3. The van der Waals surface area contributed by atoms with Crippen LogP contribution >= 0.6 is 0 Å². The van der Waals surface area contributed by atoms with Crippen LogP contribution in [0.2, 0.25) is 0 Å². The maximum Gasteiger partial charge on any atom is 0.247 e. The minimum atomic E-state index is -0.0202. The summed E-state index contributed by atoms with van der Waals surface area (Å²) in [5.41, 5.74) is 2.74. The Labute approximate surface area is 141 Å². The first-order chi connectivity index (χ1) is 11.7. The van der Waals surface area contributed by atoms with Crippen LogP contribution in [0.25, 0.3) is 0 Å². The highest BCUT2D eigenvalue weighted by Crippen LogP contribution is 2.23. The predicted molar refractivity (Wildman–Crippen MR) is 92.6 cm³/mol. The fraction of sp³-hybridized carbons (Fsp3) is 0.263. The van der Waals surface area contributed by atoms with E-state index in [-0.39, 0.29) is 5.91 Å². The third-order valence-corrected chi connectivity index (χ3v) is 4.00. The summed E-state index contributed by atoms with van der Waals surface area (Å²) in [6.07, 6.45) is 1.03. The number of amides is 1. The van der Waals surface area contributed by atoms with Crippen LogP contribution in [0, 0.1) is 0 Å². The highest BCUT2D eigenvalue weighted by Gasteiger charge is 2.23. The van der Waals surface area contributed by atoms with Gasteiger partial charge in [0.15, 0.2) is 0 Å². The second-order valence-corrected chi connectivity index (χ2v) is 5.54. The Balaban J connectivity index is 1.74. The van der Waals surface area contributed by atoms with Crippen LogP contribution in [-0.4, -0.2) is 37.4 Å². The first kappa shape index (κ1) is 16.1. The molecule has 1 aliphatic heterocycles. The molecule has 1 heterocycles. The van der Waals surface area contributed by atoms with E-state index < -0.39 is 0 Å². The third kappa shape index (κ3) is 3.40. The average Bonchev–Trinajstić information content (AvgIpc) is 3.12. The lowest BCUT2D eigenvalue weighted by atomic mass is 10.1. The summed E-state index contributed by atoms with van der Waals surface area (Å²) in [6.45, 7) is 0.593. The van der Waals surface area contributed by atoms with Crippen LogP contribution in [0.3, 0.4) is 0 Å². The molecule has 2 aromatic rings. The van der Waals surface area contributed by atoms with E-state index in [0.29, 0.717) is 13.0 Å². The first-order valence-electron chi connectivity index (χ1n) is 7.85. The molecule has 0 spiro atoms. The molecule has 24 heavy (non-hydrogen) atoms. The van der Waals surface area contributed by atoms with Gasteiger partial charge in [0, 0.05) is 12.0 Å². The standard InChI is InChI=1S/C19H20N2O3/c1-23-15-7-5-6-14(12-15)13-19(22)21-11-10-17(20-21)16-8-3-4-9-18(16)24-2/h3-9,12H,10-11,13H2,1-2H3. The molecule has 5 nitrogen and oxygen atoms in total. The summed E-state index contributed by atoms with van der Waals surface area (Å²) in [5.74, 6) is 1.51. The summed E-state index contributed by atoms with van der Waals surface area (Å²) in [5, 5.41) is 6.04. The van der Waals surface area contributed by atoms with Crippen LogP contribution in [0.5, 0.6) is 11.5 Å². The van der Waals surface area contributed by atoms with Gasteiger partial charge in [0.2, 0.25) is 5.91 Å². The van der Waals surface area contributed by atoms with Gasteiger partial charge in [-0.25, -0.2) is 5.01 Å². The monoisotopic (exact) mass is 324 g/mol. The smallest absolute Gasteiger partial charge is 0.247 e. The number of hydrogen-bond donors (Lipinski definition) is 0. The fourth-order valence-corrected chi connectivity index (χ4v) is 2.76. The van der Waals surface area contributed by atoms with Crippen molar-refractivity contribution in [2.24, 2.45) is 5.10 Å². The van der Waals surface area contributed by atoms with Gasteiger partial charge in [-0.05, 0) is 29.8 Å². The number of nitrogens with zero attached hydrogens (tertiary/aromatic N) is 2. The van der Waals surface area contributed by atoms with Gasteiger partial charge in [0.1, 0.15) is 11.5 Å². The SMILES string of the molecule is COc1cccc(CC(=O)N2CCC(c3ccccc3OC)=N2)c1. The zero-order chi connectivity index (χ0) is 16.9. The van der Waals surface area contributed by atoms with Crippen LogP contribution in [0.15, 0.2) is 53.6 Å². The Bertz CT molecular complexity index is 771. The number of ether oxygens (including phenoxy) is 2. The number of para-hydroxylation sites is 1. The van der Waals surface area contributed by atoms with E-state index in [4.69, 9.17) is 9.47 Å². The topological polar surface area (TPSA) is 51.1 Å². The Hall–Kier alpha value is -2.82. The van der Waals surface area contributed by atoms with E-state index in [1.54, 1.807) is 19.2 Å². The molecule has 0 radical (unpaired) electrons. The zero-order valence-electron chi connectivity index (χ0n) is 13.9. The van der Waals surface area contributed by atoms with Crippen molar-refractivity contribution >= 4 is 11.6 Å². The number of carbonyl (C=O) groups is 1. The van der Waals surface area contributed by atoms with Gasteiger partial charge in [-0.1, -0.05) is 24.3 Å². The summed E-state index contributed by atoms with van der Waals surface area (Å²) in [4.78, 5) is 12.5. The summed E-state index contributed by atoms with van der Waals surface area (Å²) in [7, 11) is 3.26. The van der Waals surface area contributed by atoms with Crippen molar-refractivity contribution in [1.29, 1.82) is 0 Å². The van der Waals surface area contributed by atoms with E-state index in [1.807, 2.05) is 48.5 Å². The molecule has 5 heteroatoms. The lowest BCUT2D eigenvalue weighted by Gasteiger charge is -2.12. The van der Waals surface area contributed by atoms with E-state index in [1.165, 1.54) is 0 Å². The van der Waals surface area contributed by atoms with Gasteiger partial charge >= 0.3 is 0 Å². The van der Waals surface area contributed by atoms with Gasteiger partial charge in [-0.3, -0.25) is 4.79 Å². The van der Waals surface area contributed by atoms with Gasteiger partial charge in [-0.15, -0.1) is 0 Å². The Morgan fingerprint density at radius 2 is 1.96 bits per heavy atom. The van der Waals surface area contributed by atoms with Crippen molar-refractivity contribution < 1.29 is 14.3 Å². The summed E-state index contributed by atoms with van der Waals surface area (Å²) >= 11 is 0. The molecule has 0 N–H and O–H groups in total. The van der Waals surface area contributed by atoms with Crippen LogP contribution in [0.4, 0.5) is 0 Å². The molecule has 0 saturated carbocycles. The van der Waals surface area contributed by atoms with Gasteiger partial charge in [0.05, 0.1) is 32.9 Å². The van der Waals surface area contributed by atoms with Crippen molar-refractivity contribution in [3.63, 3.8) is 0 Å². The number of rotatable bonds is 5. The molecular weight excluding hydrogens is 304 g/mol.